The highest BCUT2D eigenvalue weighted by molar-refractivity contribution is 7.99. The number of nitrogens with one attached hydrogen (secondary N) is 3. The number of rotatable bonds is 7. The maximum absolute atomic E-state index is 11.4. The number of carbonyl (C=O) groups is 2. The third kappa shape index (κ3) is 3.66. The zero-order valence-corrected chi connectivity index (χ0v) is 10.2. The van der Waals surface area contributed by atoms with Gasteiger partial charge in [0.05, 0.1) is 0 Å². The summed E-state index contributed by atoms with van der Waals surface area (Å²) in [5.41, 5.74) is 4.56. The first-order chi connectivity index (χ1) is 7.58. The normalized spacial score (nSPS) is 24.4. The van der Waals surface area contributed by atoms with Crippen molar-refractivity contribution in [2.45, 2.75) is 12.5 Å². The summed E-state index contributed by atoms with van der Waals surface area (Å²) in [6, 6.07) is -0.408. The molecule has 6 nitrogen and oxygen atoms in total. The molecule has 0 radical (unpaired) electrons. The Bertz CT molecular complexity index is 274. The summed E-state index contributed by atoms with van der Waals surface area (Å²) in [4.78, 5) is 22.4. The number of urea groups is 1. The first kappa shape index (κ1) is 13.3. The lowest BCUT2D eigenvalue weighted by Crippen LogP contribution is -2.46. The Kier molecular flexibility index (Phi) is 5.04. The van der Waals surface area contributed by atoms with Crippen LogP contribution in [-0.4, -0.2) is 48.6 Å². The fourth-order valence-electron chi connectivity index (χ4n) is 1.33. The molecule has 0 saturated carbocycles. The summed E-state index contributed by atoms with van der Waals surface area (Å²) >= 11 is 1.63. The molecule has 16 heavy (non-hydrogen) atoms. The Morgan fingerprint density at radius 1 is 1.44 bits per heavy atom. The number of imide groups is 1. The second kappa shape index (κ2) is 6.07. The Balaban J connectivity index is 2.17. The van der Waals surface area contributed by atoms with Gasteiger partial charge >= 0.3 is 6.03 Å². The SMILES string of the molecule is C[C@@]1(CSCCNCCN)NC(=O)NC1=O. The summed E-state index contributed by atoms with van der Waals surface area (Å²) < 4.78 is 0. The van der Waals surface area contributed by atoms with E-state index in [9.17, 15) is 9.59 Å². The molecule has 1 aliphatic heterocycles. The summed E-state index contributed by atoms with van der Waals surface area (Å²) in [5, 5.41) is 8.01. The van der Waals surface area contributed by atoms with Gasteiger partial charge in [0, 0.05) is 31.1 Å². The van der Waals surface area contributed by atoms with Gasteiger partial charge in [-0.15, -0.1) is 0 Å². The van der Waals surface area contributed by atoms with Crippen molar-refractivity contribution in [3.63, 3.8) is 0 Å². The maximum Gasteiger partial charge on any atom is 0.322 e. The van der Waals surface area contributed by atoms with Gasteiger partial charge in [0.2, 0.25) is 0 Å². The zero-order chi connectivity index (χ0) is 12.0. The molecule has 5 N–H and O–H groups in total. The smallest absolute Gasteiger partial charge is 0.322 e. The van der Waals surface area contributed by atoms with Crippen LogP contribution in [0.15, 0.2) is 0 Å². The van der Waals surface area contributed by atoms with E-state index < -0.39 is 11.6 Å². The van der Waals surface area contributed by atoms with E-state index in [2.05, 4.69) is 16.0 Å². The first-order valence-corrected chi connectivity index (χ1v) is 6.36. The molecule has 0 aromatic heterocycles. The molecule has 92 valence electrons. The van der Waals surface area contributed by atoms with Crippen LogP contribution in [0, 0.1) is 0 Å². The molecule has 1 fully saturated rings. The molecular weight excluding hydrogens is 228 g/mol. The number of thioether (sulfide) groups is 1. The summed E-state index contributed by atoms with van der Waals surface area (Å²) in [5.74, 6) is 1.22. The van der Waals surface area contributed by atoms with E-state index in [1.807, 2.05) is 0 Å². The van der Waals surface area contributed by atoms with Crippen molar-refractivity contribution in [2.24, 2.45) is 5.73 Å². The van der Waals surface area contributed by atoms with E-state index in [1.165, 1.54) is 0 Å². The van der Waals surface area contributed by atoms with Crippen LogP contribution < -0.4 is 21.7 Å². The van der Waals surface area contributed by atoms with Crippen molar-refractivity contribution in [3.8, 4) is 0 Å². The van der Waals surface area contributed by atoms with Gasteiger partial charge < -0.3 is 16.4 Å². The lowest BCUT2D eigenvalue weighted by Gasteiger charge is -2.19. The van der Waals surface area contributed by atoms with E-state index in [0.717, 1.165) is 18.8 Å². The molecule has 1 rings (SSSR count). The third-order valence-corrected chi connectivity index (χ3v) is 3.53. The van der Waals surface area contributed by atoms with Crippen molar-refractivity contribution < 1.29 is 9.59 Å². The summed E-state index contributed by atoms with van der Waals surface area (Å²) in [7, 11) is 0. The Labute approximate surface area is 99.1 Å². The van der Waals surface area contributed by atoms with Gasteiger partial charge in [-0.1, -0.05) is 0 Å². The van der Waals surface area contributed by atoms with Gasteiger partial charge in [0.15, 0.2) is 0 Å². The van der Waals surface area contributed by atoms with E-state index in [1.54, 1.807) is 18.7 Å². The molecule has 1 heterocycles. The maximum atomic E-state index is 11.4. The van der Waals surface area contributed by atoms with Crippen molar-refractivity contribution >= 4 is 23.7 Å². The van der Waals surface area contributed by atoms with E-state index in [0.29, 0.717) is 12.3 Å². The highest BCUT2D eigenvalue weighted by Crippen LogP contribution is 2.16. The van der Waals surface area contributed by atoms with Crippen LogP contribution in [0.4, 0.5) is 4.79 Å². The number of carbonyl (C=O) groups excluding carboxylic acids is 2. The molecule has 0 aromatic carbocycles. The first-order valence-electron chi connectivity index (χ1n) is 5.20. The Hall–Kier alpha value is -0.790. The number of amides is 3. The van der Waals surface area contributed by atoms with Gasteiger partial charge in [-0.05, 0) is 6.92 Å². The van der Waals surface area contributed by atoms with Gasteiger partial charge in [-0.25, -0.2) is 4.79 Å². The average Bonchev–Trinajstić information content (AvgIpc) is 2.47. The van der Waals surface area contributed by atoms with Crippen LogP contribution >= 0.6 is 11.8 Å². The van der Waals surface area contributed by atoms with Gasteiger partial charge in [0.25, 0.3) is 5.91 Å². The largest absolute Gasteiger partial charge is 0.329 e. The van der Waals surface area contributed by atoms with Crippen LogP contribution in [0.3, 0.4) is 0 Å². The molecule has 7 heteroatoms. The fourth-order valence-corrected chi connectivity index (χ4v) is 2.37. The van der Waals surface area contributed by atoms with Crippen LogP contribution in [0.25, 0.3) is 0 Å². The number of nitrogens with two attached hydrogens (primary N) is 1. The highest BCUT2D eigenvalue weighted by Gasteiger charge is 2.41. The minimum absolute atomic E-state index is 0.250. The average molecular weight is 246 g/mol. The number of hydrogen-bond acceptors (Lipinski definition) is 5. The van der Waals surface area contributed by atoms with Crippen LogP contribution in [0.2, 0.25) is 0 Å². The standard InChI is InChI=1S/C9H18N4O2S/c1-9(7(14)12-8(15)13-9)6-16-5-4-11-3-2-10/h11H,2-6,10H2,1H3,(H2,12,13,14,15)/t9-/m0/s1. The summed E-state index contributed by atoms with van der Waals surface area (Å²) in [6.07, 6.45) is 0. The molecule has 1 atom stereocenters. The molecule has 0 unspecified atom stereocenters. The predicted octanol–water partition coefficient (Wildman–Crippen LogP) is -1.13. The molecule has 0 bridgehead atoms. The molecule has 1 saturated heterocycles. The fraction of sp³-hybridized carbons (Fsp3) is 0.778. The second-order valence-electron chi connectivity index (χ2n) is 3.83. The van der Waals surface area contributed by atoms with E-state index in [-0.39, 0.29) is 5.91 Å². The van der Waals surface area contributed by atoms with Crippen molar-refractivity contribution in [3.05, 3.63) is 0 Å². The van der Waals surface area contributed by atoms with Crippen molar-refractivity contribution in [1.82, 2.24) is 16.0 Å². The van der Waals surface area contributed by atoms with Crippen LogP contribution in [0.5, 0.6) is 0 Å². The topological polar surface area (TPSA) is 96.2 Å². The molecule has 0 aliphatic carbocycles. The van der Waals surface area contributed by atoms with Crippen molar-refractivity contribution in [2.75, 3.05) is 31.1 Å². The van der Waals surface area contributed by atoms with Crippen molar-refractivity contribution in [1.29, 1.82) is 0 Å². The quantitative estimate of drug-likeness (QED) is 0.336. The molecule has 1 aliphatic rings. The third-order valence-electron chi connectivity index (χ3n) is 2.25. The molecule has 0 spiro atoms. The highest BCUT2D eigenvalue weighted by atomic mass is 32.2. The van der Waals surface area contributed by atoms with Gasteiger partial charge in [-0.3, -0.25) is 10.1 Å². The zero-order valence-electron chi connectivity index (χ0n) is 9.34. The molecule has 3 amide bonds. The monoisotopic (exact) mass is 246 g/mol. The van der Waals surface area contributed by atoms with E-state index in [4.69, 9.17) is 5.73 Å². The molecular formula is C9H18N4O2S. The minimum Gasteiger partial charge on any atom is -0.329 e. The Morgan fingerprint density at radius 2 is 2.19 bits per heavy atom. The molecule has 0 aromatic rings. The van der Waals surface area contributed by atoms with Crippen LogP contribution in [-0.2, 0) is 4.79 Å². The van der Waals surface area contributed by atoms with E-state index >= 15 is 0 Å². The second-order valence-corrected chi connectivity index (χ2v) is 4.94. The predicted molar refractivity (Wildman–Crippen MR) is 64.3 cm³/mol. The Morgan fingerprint density at radius 3 is 2.75 bits per heavy atom. The lowest BCUT2D eigenvalue weighted by atomic mass is 10.1. The minimum atomic E-state index is -0.768. The van der Waals surface area contributed by atoms with Crippen LogP contribution in [0.1, 0.15) is 6.92 Å². The lowest BCUT2D eigenvalue weighted by molar-refractivity contribution is -0.122. The van der Waals surface area contributed by atoms with Gasteiger partial charge in [-0.2, -0.15) is 11.8 Å². The summed E-state index contributed by atoms with van der Waals surface area (Å²) in [6.45, 7) is 4.01. The van der Waals surface area contributed by atoms with Gasteiger partial charge in [0.1, 0.15) is 5.54 Å². The number of hydrogen-bond donors (Lipinski definition) is 4.